The molecule has 8 heteroatoms. The van der Waals surface area contributed by atoms with Gasteiger partial charge in [-0.2, -0.15) is 4.98 Å². The van der Waals surface area contributed by atoms with Gasteiger partial charge in [0.05, 0.1) is 12.7 Å². The molecule has 0 saturated carbocycles. The first-order valence-corrected chi connectivity index (χ1v) is 4.20. The lowest BCUT2D eigenvalue weighted by atomic mass is 10.5. The molecule has 2 heterocycles. The van der Waals surface area contributed by atoms with Crippen LogP contribution in [0.3, 0.4) is 0 Å². The molecule has 82 valence electrons. The zero-order valence-corrected chi connectivity index (χ0v) is 8.94. The van der Waals surface area contributed by atoms with E-state index in [9.17, 15) is 0 Å². The summed E-state index contributed by atoms with van der Waals surface area (Å²) in [5, 5.41) is 11.4. The second kappa shape index (κ2) is 4.85. The summed E-state index contributed by atoms with van der Waals surface area (Å²) >= 11 is 0. The maximum absolute atomic E-state index is 5.37. The fourth-order valence-corrected chi connectivity index (χ4v) is 1.04. The Bertz CT molecular complexity index is 425. The van der Waals surface area contributed by atoms with Crippen molar-refractivity contribution in [1.82, 2.24) is 25.1 Å². The Morgan fingerprint density at radius 1 is 1.53 bits per heavy atom. The number of nitrogens with two attached hydrogens (primary N) is 1. The summed E-state index contributed by atoms with van der Waals surface area (Å²) in [5.41, 5.74) is 5.94. The third-order valence-corrected chi connectivity index (χ3v) is 1.64. The molecule has 0 unspecified atom stereocenters. The number of aryl methyl sites for hydroxylation is 1. The lowest BCUT2D eigenvalue weighted by Crippen LogP contribution is -2.10. The van der Waals surface area contributed by atoms with Gasteiger partial charge >= 0.3 is 0 Å². The van der Waals surface area contributed by atoms with Crippen LogP contribution in [0, 0.1) is 6.92 Å². The van der Waals surface area contributed by atoms with E-state index in [-0.39, 0.29) is 12.4 Å². The molecular weight excluding hydrogens is 220 g/mol. The Morgan fingerprint density at radius 2 is 2.33 bits per heavy atom. The van der Waals surface area contributed by atoms with Gasteiger partial charge in [0, 0.05) is 6.54 Å². The van der Waals surface area contributed by atoms with E-state index in [1.54, 1.807) is 17.8 Å². The van der Waals surface area contributed by atoms with E-state index in [0.29, 0.717) is 30.5 Å². The normalized spacial score (nSPS) is 10.0. The minimum absolute atomic E-state index is 0. The molecule has 0 aliphatic heterocycles. The van der Waals surface area contributed by atoms with E-state index in [1.165, 1.54) is 0 Å². The Morgan fingerprint density at radius 3 is 2.93 bits per heavy atom. The molecule has 2 N–H and O–H groups in total. The van der Waals surface area contributed by atoms with Crippen LogP contribution < -0.4 is 5.73 Å². The highest BCUT2D eigenvalue weighted by molar-refractivity contribution is 5.85. The summed E-state index contributed by atoms with van der Waals surface area (Å²) < 4.78 is 6.57. The molecule has 0 atom stereocenters. The number of rotatable bonds is 3. The van der Waals surface area contributed by atoms with Gasteiger partial charge in [0.2, 0.25) is 0 Å². The number of hydrogen-bond acceptors (Lipinski definition) is 6. The predicted molar refractivity (Wildman–Crippen MR) is 54.4 cm³/mol. The Kier molecular flexibility index (Phi) is 3.75. The molecule has 7 nitrogen and oxygen atoms in total. The minimum Gasteiger partial charge on any atom is -0.332 e. The van der Waals surface area contributed by atoms with E-state index < -0.39 is 0 Å². The van der Waals surface area contributed by atoms with Crippen molar-refractivity contribution in [2.24, 2.45) is 5.73 Å². The first-order chi connectivity index (χ1) is 6.79. The van der Waals surface area contributed by atoms with E-state index in [1.807, 2.05) is 0 Å². The quantitative estimate of drug-likeness (QED) is 0.799. The molecule has 0 fully saturated rings. The molecule has 0 spiro atoms. The molecule has 0 amide bonds. The van der Waals surface area contributed by atoms with Gasteiger partial charge in [-0.3, -0.25) is 4.68 Å². The van der Waals surface area contributed by atoms with Crippen molar-refractivity contribution >= 4 is 12.4 Å². The van der Waals surface area contributed by atoms with Crippen LogP contribution in [0.1, 0.15) is 5.82 Å². The van der Waals surface area contributed by atoms with Crippen molar-refractivity contribution in [3.63, 3.8) is 0 Å². The summed E-state index contributed by atoms with van der Waals surface area (Å²) in [6.07, 6.45) is 1.72. The lowest BCUT2D eigenvalue weighted by Gasteiger charge is -1.91. The standard InChI is InChI=1S/C7H10N6O.ClH/c1-5-9-7(14-11-5)6-4-13(3-2-8)12-10-6;/h4H,2-3,8H2,1H3;1H. The molecule has 0 radical (unpaired) electrons. The highest BCUT2D eigenvalue weighted by atomic mass is 35.5. The van der Waals surface area contributed by atoms with Crippen LogP contribution in [-0.4, -0.2) is 31.7 Å². The van der Waals surface area contributed by atoms with Crippen LogP contribution in [-0.2, 0) is 6.54 Å². The topological polar surface area (TPSA) is 95.7 Å². The van der Waals surface area contributed by atoms with Crippen LogP contribution in [0.25, 0.3) is 11.6 Å². The molecule has 15 heavy (non-hydrogen) atoms. The maximum Gasteiger partial charge on any atom is 0.280 e. The van der Waals surface area contributed by atoms with Gasteiger partial charge in [-0.1, -0.05) is 10.4 Å². The zero-order chi connectivity index (χ0) is 9.97. The van der Waals surface area contributed by atoms with Gasteiger partial charge < -0.3 is 10.3 Å². The smallest absolute Gasteiger partial charge is 0.280 e. The summed E-state index contributed by atoms with van der Waals surface area (Å²) in [7, 11) is 0. The van der Waals surface area contributed by atoms with Crippen LogP contribution in [0.4, 0.5) is 0 Å². The molecule has 0 aliphatic rings. The highest BCUT2D eigenvalue weighted by Crippen LogP contribution is 2.12. The number of nitrogens with zero attached hydrogens (tertiary/aromatic N) is 5. The Balaban J connectivity index is 0.00000112. The number of aromatic nitrogens is 5. The SMILES string of the molecule is Cc1noc(-c2cn(CCN)nn2)n1.Cl. The largest absolute Gasteiger partial charge is 0.332 e. The van der Waals surface area contributed by atoms with Crippen molar-refractivity contribution in [3.8, 4) is 11.6 Å². The number of halogens is 1. The molecule has 0 aliphatic carbocycles. The van der Waals surface area contributed by atoms with Crippen molar-refractivity contribution in [2.75, 3.05) is 6.54 Å². The Labute approximate surface area is 92.1 Å². The van der Waals surface area contributed by atoms with E-state index in [2.05, 4.69) is 20.5 Å². The molecule has 2 aromatic heterocycles. The lowest BCUT2D eigenvalue weighted by molar-refractivity contribution is 0.424. The molecule has 2 rings (SSSR count). The fraction of sp³-hybridized carbons (Fsp3) is 0.429. The first kappa shape index (κ1) is 11.6. The molecule has 0 aromatic carbocycles. The zero-order valence-electron chi connectivity index (χ0n) is 8.12. The average Bonchev–Trinajstić information content (AvgIpc) is 2.74. The van der Waals surface area contributed by atoms with E-state index in [4.69, 9.17) is 10.3 Å². The van der Waals surface area contributed by atoms with Crippen LogP contribution >= 0.6 is 12.4 Å². The average molecular weight is 231 g/mol. The molecule has 0 saturated heterocycles. The summed E-state index contributed by atoms with van der Waals surface area (Å²) in [6.45, 7) is 2.89. The second-order valence-electron chi connectivity index (χ2n) is 2.80. The van der Waals surface area contributed by atoms with Crippen molar-refractivity contribution in [3.05, 3.63) is 12.0 Å². The third kappa shape index (κ3) is 2.51. The molecule has 0 bridgehead atoms. The van der Waals surface area contributed by atoms with E-state index in [0.717, 1.165) is 0 Å². The summed E-state index contributed by atoms with van der Waals surface area (Å²) in [5.74, 6) is 0.958. The van der Waals surface area contributed by atoms with E-state index >= 15 is 0 Å². The van der Waals surface area contributed by atoms with Gasteiger partial charge in [-0.05, 0) is 6.92 Å². The second-order valence-corrected chi connectivity index (χ2v) is 2.80. The van der Waals surface area contributed by atoms with Crippen molar-refractivity contribution < 1.29 is 4.52 Å². The van der Waals surface area contributed by atoms with Crippen molar-refractivity contribution in [1.29, 1.82) is 0 Å². The highest BCUT2D eigenvalue weighted by Gasteiger charge is 2.10. The van der Waals surface area contributed by atoms with Gasteiger partial charge in [0.25, 0.3) is 5.89 Å². The summed E-state index contributed by atoms with van der Waals surface area (Å²) in [6, 6.07) is 0. The molecule has 2 aromatic rings. The van der Waals surface area contributed by atoms with Crippen molar-refractivity contribution in [2.45, 2.75) is 13.5 Å². The first-order valence-electron chi connectivity index (χ1n) is 4.20. The van der Waals surface area contributed by atoms with Gasteiger partial charge in [-0.15, -0.1) is 17.5 Å². The van der Waals surface area contributed by atoms with Gasteiger partial charge in [0.15, 0.2) is 11.5 Å². The molecular formula is C7H11ClN6O. The van der Waals surface area contributed by atoms with Gasteiger partial charge in [-0.25, -0.2) is 0 Å². The van der Waals surface area contributed by atoms with Crippen LogP contribution in [0.5, 0.6) is 0 Å². The predicted octanol–water partition coefficient (Wildman–Crippen LogP) is 0.0170. The monoisotopic (exact) mass is 230 g/mol. The fourth-order valence-electron chi connectivity index (χ4n) is 1.04. The Hall–Kier alpha value is -1.47. The van der Waals surface area contributed by atoms with Crippen LogP contribution in [0.15, 0.2) is 10.7 Å². The summed E-state index contributed by atoms with van der Waals surface area (Å²) in [4.78, 5) is 4.03. The maximum atomic E-state index is 5.37. The number of hydrogen-bond donors (Lipinski definition) is 1. The third-order valence-electron chi connectivity index (χ3n) is 1.64. The van der Waals surface area contributed by atoms with Crippen LogP contribution in [0.2, 0.25) is 0 Å². The minimum atomic E-state index is 0. The van der Waals surface area contributed by atoms with Gasteiger partial charge in [0.1, 0.15) is 0 Å².